The van der Waals surface area contributed by atoms with E-state index < -0.39 is 0 Å². The summed E-state index contributed by atoms with van der Waals surface area (Å²) >= 11 is 0. The first-order valence-corrected chi connectivity index (χ1v) is 19.8. The Bertz CT molecular complexity index is 426. The van der Waals surface area contributed by atoms with Gasteiger partial charge < -0.3 is 0 Å². The van der Waals surface area contributed by atoms with Crippen LogP contribution in [0.15, 0.2) is 0 Å². The molecule has 0 aromatic rings. The Balaban J connectivity index is 4.60. The smallest absolute Gasteiger partial charge is 0.0412 e. The zero-order chi connectivity index (χ0) is 29.2. The van der Waals surface area contributed by atoms with Crippen LogP contribution in [-0.4, -0.2) is 0 Å². The first-order chi connectivity index (χ1) is 19.8. The Labute approximate surface area is 257 Å². The van der Waals surface area contributed by atoms with Gasteiger partial charge in [0.05, 0.1) is 0 Å². The lowest BCUT2D eigenvalue weighted by molar-refractivity contribution is 0.282. The zero-order valence-electron chi connectivity index (χ0n) is 29.2. The molecular formula is C40H82. The van der Waals surface area contributed by atoms with Crippen LogP contribution in [0.4, 0.5) is 0 Å². The van der Waals surface area contributed by atoms with E-state index in [1.807, 2.05) is 0 Å². The Morgan fingerprint density at radius 2 is 0.400 bits per heavy atom. The van der Waals surface area contributed by atoms with Crippen molar-refractivity contribution in [1.29, 1.82) is 0 Å². The van der Waals surface area contributed by atoms with Crippen molar-refractivity contribution in [3.63, 3.8) is 0 Å². The average molecular weight is 563 g/mol. The molecule has 2 unspecified atom stereocenters. The predicted molar refractivity (Wildman–Crippen MR) is 187 cm³/mol. The van der Waals surface area contributed by atoms with Gasteiger partial charge in [0, 0.05) is 0 Å². The molecule has 2 atom stereocenters. The first kappa shape index (κ1) is 40.0. The minimum Gasteiger partial charge on any atom is -0.0654 e. The molecule has 0 heteroatoms. The molecule has 0 N–H and O–H groups in total. The maximum atomic E-state index is 2.34. The number of rotatable bonds is 35. The van der Waals surface area contributed by atoms with Crippen LogP contribution in [0.1, 0.15) is 246 Å². The van der Waals surface area contributed by atoms with E-state index in [9.17, 15) is 0 Å². The van der Waals surface area contributed by atoms with Crippen molar-refractivity contribution in [3.05, 3.63) is 0 Å². The SMILES string of the molecule is CCCCCCCCCCCC(CCCCCCCC)CC(CCCCCCCC)CCCCCCCCCC. The molecule has 0 rings (SSSR count). The van der Waals surface area contributed by atoms with Gasteiger partial charge in [-0.1, -0.05) is 240 Å². The quantitative estimate of drug-likeness (QED) is 0.0674. The third-order valence-corrected chi connectivity index (χ3v) is 9.78. The fourth-order valence-electron chi connectivity index (χ4n) is 6.97. The number of hydrogen-bond donors (Lipinski definition) is 0. The second-order valence-corrected chi connectivity index (χ2v) is 14.0. The Morgan fingerprint density at radius 1 is 0.225 bits per heavy atom. The van der Waals surface area contributed by atoms with E-state index in [1.165, 1.54) is 212 Å². The molecule has 0 aromatic carbocycles. The van der Waals surface area contributed by atoms with Crippen LogP contribution in [0, 0.1) is 11.8 Å². The van der Waals surface area contributed by atoms with Crippen LogP contribution in [0.3, 0.4) is 0 Å². The van der Waals surface area contributed by atoms with Gasteiger partial charge >= 0.3 is 0 Å². The Morgan fingerprint density at radius 3 is 0.600 bits per heavy atom. The van der Waals surface area contributed by atoms with Crippen molar-refractivity contribution in [1.82, 2.24) is 0 Å². The molecule has 242 valence electrons. The molecule has 0 saturated carbocycles. The van der Waals surface area contributed by atoms with Crippen molar-refractivity contribution >= 4 is 0 Å². The molecule has 0 nitrogen and oxygen atoms in total. The van der Waals surface area contributed by atoms with Gasteiger partial charge in [-0.15, -0.1) is 0 Å². The molecule has 0 bridgehead atoms. The zero-order valence-corrected chi connectivity index (χ0v) is 29.2. The van der Waals surface area contributed by atoms with Gasteiger partial charge in [-0.3, -0.25) is 0 Å². The van der Waals surface area contributed by atoms with Gasteiger partial charge in [-0.25, -0.2) is 0 Å². The van der Waals surface area contributed by atoms with Crippen molar-refractivity contribution in [2.75, 3.05) is 0 Å². The highest BCUT2D eigenvalue weighted by atomic mass is 14.2. The summed E-state index contributed by atoms with van der Waals surface area (Å²) in [5, 5.41) is 0. The van der Waals surface area contributed by atoms with Crippen LogP contribution < -0.4 is 0 Å². The normalized spacial score (nSPS) is 13.2. The molecule has 0 amide bonds. The van der Waals surface area contributed by atoms with E-state index in [2.05, 4.69) is 27.7 Å². The monoisotopic (exact) mass is 563 g/mol. The molecule has 0 fully saturated rings. The van der Waals surface area contributed by atoms with Gasteiger partial charge in [0.1, 0.15) is 0 Å². The van der Waals surface area contributed by atoms with E-state index in [1.54, 1.807) is 6.42 Å². The molecule has 0 spiro atoms. The molecule has 0 aliphatic rings. The summed E-state index contributed by atoms with van der Waals surface area (Å²) in [4.78, 5) is 0. The summed E-state index contributed by atoms with van der Waals surface area (Å²) in [6.07, 6.45) is 50.3. The summed E-state index contributed by atoms with van der Waals surface area (Å²) in [6.45, 7) is 9.35. The summed E-state index contributed by atoms with van der Waals surface area (Å²) < 4.78 is 0. The molecule has 0 heterocycles. The summed E-state index contributed by atoms with van der Waals surface area (Å²) in [6, 6.07) is 0. The highest BCUT2D eigenvalue weighted by Crippen LogP contribution is 2.31. The van der Waals surface area contributed by atoms with Crippen molar-refractivity contribution in [2.45, 2.75) is 246 Å². The van der Waals surface area contributed by atoms with E-state index >= 15 is 0 Å². The van der Waals surface area contributed by atoms with E-state index in [0.717, 1.165) is 11.8 Å². The summed E-state index contributed by atoms with van der Waals surface area (Å²) in [7, 11) is 0. The Hall–Kier alpha value is 0. The fraction of sp³-hybridized carbons (Fsp3) is 1.00. The topological polar surface area (TPSA) is 0 Å². The lowest BCUT2D eigenvalue weighted by Crippen LogP contribution is -2.11. The van der Waals surface area contributed by atoms with Crippen molar-refractivity contribution in [3.8, 4) is 0 Å². The maximum Gasteiger partial charge on any atom is -0.0412 e. The largest absolute Gasteiger partial charge is 0.0654 e. The molecule has 0 aliphatic heterocycles. The van der Waals surface area contributed by atoms with Gasteiger partial charge in [0.25, 0.3) is 0 Å². The van der Waals surface area contributed by atoms with E-state index in [-0.39, 0.29) is 0 Å². The molecule has 0 radical (unpaired) electrons. The first-order valence-electron chi connectivity index (χ1n) is 19.8. The number of unbranched alkanes of at least 4 members (excludes halogenated alkanes) is 25. The van der Waals surface area contributed by atoms with Gasteiger partial charge in [-0.2, -0.15) is 0 Å². The minimum atomic E-state index is 1.02. The van der Waals surface area contributed by atoms with Crippen LogP contribution in [0.5, 0.6) is 0 Å². The molecular weight excluding hydrogens is 480 g/mol. The second-order valence-electron chi connectivity index (χ2n) is 14.0. The second kappa shape index (κ2) is 35.2. The Kier molecular flexibility index (Phi) is 35.2. The van der Waals surface area contributed by atoms with E-state index in [4.69, 9.17) is 0 Å². The third-order valence-electron chi connectivity index (χ3n) is 9.78. The van der Waals surface area contributed by atoms with Crippen LogP contribution in [-0.2, 0) is 0 Å². The van der Waals surface area contributed by atoms with Crippen LogP contribution in [0.2, 0.25) is 0 Å². The van der Waals surface area contributed by atoms with Crippen molar-refractivity contribution < 1.29 is 0 Å². The summed E-state index contributed by atoms with van der Waals surface area (Å²) in [5.74, 6) is 2.05. The molecule has 40 heavy (non-hydrogen) atoms. The van der Waals surface area contributed by atoms with Crippen molar-refractivity contribution in [2.24, 2.45) is 11.8 Å². The highest BCUT2D eigenvalue weighted by molar-refractivity contribution is 4.69. The van der Waals surface area contributed by atoms with Crippen LogP contribution in [0.25, 0.3) is 0 Å². The third kappa shape index (κ3) is 30.9. The fourth-order valence-corrected chi connectivity index (χ4v) is 6.97. The number of hydrogen-bond acceptors (Lipinski definition) is 0. The summed E-state index contributed by atoms with van der Waals surface area (Å²) in [5.41, 5.74) is 0. The van der Waals surface area contributed by atoms with Gasteiger partial charge in [-0.05, 0) is 18.3 Å². The average Bonchev–Trinajstić information content (AvgIpc) is 2.96. The predicted octanol–water partition coefficient (Wildman–Crippen LogP) is 15.6. The molecule has 0 aromatic heterocycles. The van der Waals surface area contributed by atoms with Gasteiger partial charge in [0.2, 0.25) is 0 Å². The minimum absolute atomic E-state index is 1.02. The standard InChI is InChI=1S/C40H82/c1-5-9-13-17-21-23-25-29-33-37-40(35-31-27-20-16-12-8-4)38-39(34-30-26-19-15-11-7-3)36-32-28-24-22-18-14-10-6-2/h39-40H,5-38H2,1-4H3. The molecule has 0 saturated heterocycles. The van der Waals surface area contributed by atoms with Gasteiger partial charge in [0.15, 0.2) is 0 Å². The highest BCUT2D eigenvalue weighted by Gasteiger charge is 2.17. The van der Waals surface area contributed by atoms with E-state index in [0.29, 0.717) is 0 Å². The lowest BCUT2D eigenvalue weighted by atomic mass is 9.81. The maximum absolute atomic E-state index is 2.34. The lowest BCUT2D eigenvalue weighted by Gasteiger charge is -2.24. The van der Waals surface area contributed by atoms with Crippen LogP contribution >= 0.6 is 0 Å². The molecule has 0 aliphatic carbocycles.